The van der Waals surface area contributed by atoms with E-state index in [4.69, 9.17) is 0 Å². The second-order valence-corrected chi connectivity index (χ2v) is 5.07. The van der Waals surface area contributed by atoms with Crippen LogP contribution in [0, 0.1) is 0 Å². The molecule has 0 atom stereocenters. The lowest BCUT2D eigenvalue weighted by Crippen LogP contribution is -2.49. The third kappa shape index (κ3) is 2.83. The lowest BCUT2D eigenvalue weighted by Gasteiger charge is -2.39. The van der Waals surface area contributed by atoms with Gasteiger partial charge in [0.1, 0.15) is 0 Å². The third-order valence-electron chi connectivity index (χ3n) is 3.81. The van der Waals surface area contributed by atoms with Gasteiger partial charge in [0.2, 0.25) is 0 Å². The molecule has 2 nitrogen and oxygen atoms in total. The number of likely N-dealkylation sites (tertiary alicyclic amines) is 1. The predicted molar refractivity (Wildman–Crippen MR) is 68.4 cm³/mol. The Morgan fingerprint density at radius 3 is 2.38 bits per heavy atom. The molecule has 1 N–H and O–H groups in total. The van der Waals surface area contributed by atoms with E-state index in [-0.39, 0.29) is 0 Å². The Morgan fingerprint density at radius 1 is 1.19 bits per heavy atom. The Kier molecular flexibility index (Phi) is 3.62. The SMILES string of the molecule is CNC1(C)CCN(Cc2ccccc2)CC1. The number of rotatable bonds is 3. The third-order valence-corrected chi connectivity index (χ3v) is 3.81. The Hall–Kier alpha value is -0.860. The van der Waals surface area contributed by atoms with Gasteiger partial charge in [0.05, 0.1) is 0 Å². The van der Waals surface area contributed by atoms with Crippen LogP contribution < -0.4 is 5.32 Å². The van der Waals surface area contributed by atoms with Gasteiger partial charge in [-0.05, 0) is 32.4 Å². The zero-order valence-electron chi connectivity index (χ0n) is 10.4. The van der Waals surface area contributed by atoms with Crippen LogP contribution in [-0.4, -0.2) is 30.6 Å². The summed E-state index contributed by atoms with van der Waals surface area (Å²) >= 11 is 0. The van der Waals surface area contributed by atoms with E-state index in [2.05, 4.69) is 54.5 Å². The van der Waals surface area contributed by atoms with Gasteiger partial charge < -0.3 is 5.32 Å². The summed E-state index contributed by atoms with van der Waals surface area (Å²) in [5.74, 6) is 0. The quantitative estimate of drug-likeness (QED) is 0.837. The maximum atomic E-state index is 3.44. The van der Waals surface area contributed by atoms with Gasteiger partial charge in [-0.25, -0.2) is 0 Å². The summed E-state index contributed by atoms with van der Waals surface area (Å²) in [6.07, 6.45) is 2.49. The van der Waals surface area contributed by atoms with Gasteiger partial charge in [-0.3, -0.25) is 4.90 Å². The summed E-state index contributed by atoms with van der Waals surface area (Å²) in [6.45, 7) is 5.83. The van der Waals surface area contributed by atoms with Crippen LogP contribution in [0.2, 0.25) is 0 Å². The topological polar surface area (TPSA) is 15.3 Å². The molecule has 0 radical (unpaired) electrons. The number of nitrogens with one attached hydrogen (secondary N) is 1. The van der Waals surface area contributed by atoms with Crippen LogP contribution in [0.5, 0.6) is 0 Å². The van der Waals surface area contributed by atoms with Crippen LogP contribution in [0.15, 0.2) is 30.3 Å². The molecule has 88 valence electrons. The first-order valence-corrected chi connectivity index (χ1v) is 6.17. The second-order valence-electron chi connectivity index (χ2n) is 5.07. The molecule has 0 bridgehead atoms. The monoisotopic (exact) mass is 218 g/mol. The molecule has 0 saturated carbocycles. The van der Waals surface area contributed by atoms with E-state index >= 15 is 0 Å². The molecule has 0 spiro atoms. The van der Waals surface area contributed by atoms with Crippen molar-refractivity contribution in [3.8, 4) is 0 Å². The molecule has 1 fully saturated rings. The summed E-state index contributed by atoms with van der Waals surface area (Å²) < 4.78 is 0. The van der Waals surface area contributed by atoms with Crippen LogP contribution in [0.1, 0.15) is 25.3 Å². The maximum absolute atomic E-state index is 3.44. The molecule has 0 amide bonds. The summed E-state index contributed by atoms with van der Waals surface area (Å²) in [6, 6.07) is 10.8. The highest BCUT2D eigenvalue weighted by atomic mass is 15.1. The minimum Gasteiger partial charge on any atom is -0.314 e. The van der Waals surface area contributed by atoms with E-state index in [0.29, 0.717) is 5.54 Å². The Labute approximate surface area is 98.7 Å². The summed E-state index contributed by atoms with van der Waals surface area (Å²) in [4.78, 5) is 2.55. The van der Waals surface area contributed by atoms with Crippen molar-refractivity contribution in [2.75, 3.05) is 20.1 Å². The van der Waals surface area contributed by atoms with E-state index in [1.807, 2.05) is 0 Å². The van der Waals surface area contributed by atoms with Crippen LogP contribution in [0.25, 0.3) is 0 Å². The fraction of sp³-hybridized carbons (Fsp3) is 0.571. The van der Waals surface area contributed by atoms with Crippen molar-refractivity contribution < 1.29 is 0 Å². The molecule has 1 saturated heterocycles. The van der Waals surface area contributed by atoms with E-state index in [0.717, 1.165) is 6.54 Å². The number of nitrogens with zero attached hydrogens (tertiary/aromatic N) is 1. The predicted octanol–water partition coefficient (Wildman–Crippen LogP) is 2.26. The van der Waals surface area contributed by atoms with Crippen LogP contribution in [-0.2, 0) is 6.54 Å². The number of benzene rings is 1. The number of hydrogen-bond acceptors (Lipinski definition) is 2. The van der Waals surface area contributed by atoms with Gasteiger partial charge in [-0.1, -0.05) is 30.3 Å². The van der Waals surface area contributed by atoms with Gasteiger partial charge in [0.15, 0.2) is 0 Å². The van der Waals surface area contributed by atoms with Gasteiger partial charge in [-0.15, -0.1) is 0 Å². The van der Waals surface area contributed by atoms with Crippen molar-refractivity contribution in [1.29, 1.82) is 0 Å². The highest BCUT2D eigenvalue weighted by molar-refractivity contribution is 5.14. The molecule has 1 aromatic carbocycles. The van der Waals surface area contributed by atoms with E-state index in [1.165, 1.54) is 31.5 Å². The molecule has 2 rings (SSSR count). The molecule has 16 heavy (non-hydrogen) atoms. The average molecular weight is 218 g/mol. The molecule has 1 aromatic rings. The van der Waals surface area contributed by atoms with E-state index in [1.54, 1.807) is 0 Å². The van der Waals surface area contributed by atoms with Crippen molar-refractivity contribution in [1.82, 2.24) is 10.2 Å². The van der Waals surface area contributed by atoms with Gasteiger partial charge >= 0.3 is 0 Å². The van der Waals surface area contributed by atoms with Crippen molar-refractivity contribution >= 4 is 0 Å². The fourth-order valence-electron chi connectivity index (χ4n) is 2.30. The molecule has 2 heteroatoms. The Balaban J connectivity index is 1.86. The van der Waals surface area contributed by atoms with Gasteiger partial charge in [0.25, 0.3) is 0 Å². The minimum atomic E-state index is 0.354. The molecule has 1 aliphatic heterocycles. The second kappa shape index (κ2) is 4.98. The van der Waals surface area contributed by atoms with Crippen LogP contribution >= 0.6 is 0 Å². The van der Waals surface area contributed by atoms with Crippen molar-refractivity contribution in [2.24, 2.45) is 0 Å². The Bertz CT molecular complexity index is 313. The van der Waals surface area contributed by atoms with Crippen molar-refractivity contribution in [3.05, 3.63) is 35.9 Å². The lowest BCUT2D eigenvalue weighted by atomic mass is 9.90. The lowest BCUT2D eigenvalue weighted by molar-refractivity contribution is 0.146. The highest BCUT2D eigenvalue weighted by Crippen LogP contribution is 2.22. The first-order valence-electron chi connectivity index (χ1n) is 6.17. The summed E-state index contributed by atoms with van der Waals surface area (Å²) in [7, 11) is 2.08. The molecule has 1 aliphatic rings. The smallest absolute Gasteiger partial charge is 0.0233 e. The minimum absolute atomic E-state index is 0.354. The van der Waals surface area contributed by atoms with Crippen molar-refractivity contribution in [2.45, 2.75) is 31.8 Å². The zero-order chi connectivity index (χ0) is 11.4. The van der Waals surface area contributed by atoms with Crippen LogP contribution in [0.3, 0.4) is 0 Å². The number of piperidine rings is 1. The first-order chi connectivity index (χ1) is 7.72. The summed E-state index contributed by atoms with van der Waals surface area (Å²) in [5, 5.41) is 3.44. The molecule has 0 unspecified atom stereocenters. The standard InChI is InChI=1S/C14H22N2/c1-14(15-2)8-10-16(11-9-14)12-13-6-4-3-5-7-13/h3-7,15H,8-12H2,1-2H3. The molecule has 0 aromatic heterocycles. The molecule has 1 heterocycles. The number of hydrogen-bond donors (Lipinski definition) is 1. The van der Waals surface area contributed by atoms with Crippen LogP contribution in [0.4, 0.5) is 0 Å². The van der Waals surface area contributed by atoms with Gasteiger partial charge in [0, 0.05) is 25.2 Å². The molecular weight excluding hydrogens is 196 g/mol. The van der Waals surface area contributed by atoms with Crippen molar-refractivity contribution in [3.63, 3.8) is 0 Å². The van der Waals surface area contributed by atoms with Gasteiger partial charge in [-0.2, -0.15) is 0 Å². The fourth-order valence-corrected chi connectivity index (χ4v) is 2.30. The first kappa shape index (κ1) is 11.6. The Morgan fingerprint density at radius 2 is 1.81 bits per heavy atom. The maximum Gasteiger partial charge on any atom is 0.0233 e. The highest BCUT2D eigenvalue weighted by Gasteiger charge is 2.27. The largest absolute Gasteiger partial charge is 0.314 e. The molecule has 0 aliphatic carbocycles. The average Bonchev–Trinajstić information content (AvgIpc) is 2.34. The zero-order valence-corrected chi connectivity index (χ0v) is 10.4. The summed E-state index contributed by atoms with van der Waals surface area (Å²) in [5.41, 5.74) is 1.78. The van der Waals surface area contributed by atoms with E-state index in [9.17, 15) is 0 Å². The molecular formula is C14H22N2. The van der Waals surface area contributed by atoms with E-state index < -0.39 is 0 Å². The normalized spacial score (nSPS) is 20.9.